The first-order chi connectivity index (χ1) is 6.61. The fourth-order valence-electron chi connectivity index (χ4n) is 0.969. The Kier molecular flexibility index (Phi) is 3.29. The van der Waals surface area contributed by atoms with Crippen molar-refractivity contribution in [1.29, 1.82) is 0 Å². The van der Waals surface area contributed by atoms with Gasteiger partial charge in [-0.15, -0.1) is 0 Å². The molecule has 14 heavy (non-hydrogen) atoms. The molecule has 0 fully saturated rings. The average Bonchev–Trinajstić information content (AvgIpc) is 2.21. The first-order valence-electron chi connectivity index (χ1n) is 3.80. The van der Waals surface area contributed by atoms with Crippen molar-refractivity contribution in [3.05, 3.63) is 22.1 Å². The third kappa shape index (κ3) is 1.79. The number of hydrogen-bond acceptors (Lipinski definition) is 5. The minimum Gasteiger partial charge on any atom is -0.465 e. The van der Waals surface area contributed by atoms with E-state index in [1.54, 1.807) is 13.3 Å². The lowest BCUT2D eigenvalue weighted by Crippen LogP contribution is -2.26. The van der Waals surface area contributed by atoms with Crippen LogP contribution in [0.5, 0.6) is 0 Å². The molecule has 0 amide bonds. The zero-order chi connectivity index (χ0) is 10.7. The summed E-state index contributed by atoms with van der Waals surface area (Å²) < 4.78 is 5.76. The molecule has 1 heterocycles. The third-order valence-corrected chi connectivity index (χ3v) is 2.46. The van der Waals surface area contributed by atoms with Gasteiger partial charge in [0.05, 0.1) is 7.11 Å². The first kappa shape index (κ1) is 10.8. The molecule has 0 saturated heterocycles. The molecule has 76 valence electrons. The highest BCUT2D eigenvalue weighted by Gasteiger charge is 2.13. The molecular weight excluding hydrogens is 204 g/mol. The van der Waals surface area contributed by atoms with Crippen LogP contribution in [0, 0.1) is 0 Å². The van der Waals surface area contributed by atoms with Crippen LogP contribution in [-0.2, 0) is 11.8 Å². The largest absolute Gasteiger partial charge is 0.465 e. The molecule has 0 bridgehead atoms. The van der Waals surface area contributed by atoms with Gasteiger partial charge in [-0.1, -0.05) is 11.8 Å². The first-order valence-corrected chi connectivity index (χ1v) is 5.02. The lowest BCUT2D eigenvalue weighted by molar-refractivity contribution is 0.0597. The smallest absolute Gasteiger partial charge is 0.345 e. The Bertz CT molecular complexity index is 414. The Morgan fingerprint density at radius 3 is 2.79 bits per heavy atom. The predicted molar refractivity (Wildman–Crippen MR) is 52.6 cm³/mol. The van der Waals surface area contributed by atoms with Crippen LogP contribution < -0.4 is 5.56 Å². The van der Waals surface area contributed by atoms with E-state index in [-0.39, 0.29) is 5.56 Å². The number of carbonyl (C=O) groups excluding carboxylic acids is 1. The van der Waals surface area contributed by atoms with E-state index in [0.717, 1.165) is 0 Å². The summed E-state index contributed by atoms with van der Waals surface area (Å²) in [5.41, 5.74) is -0.441. The number of carbonyl (C=O) groups is 1. The predicted octanol–water partition coefficient (Wildman–Crippen LogP) is 0.289. The Morgan fingerprint density at radius 1 is 1.64 bits per heavy atom. The van der Waals surface area contributed by atoms with E-state index in [2.05, 4.69) is 9.72 Å². The van der Waals surface area contributed by atoms with Gasteiger partial charge in [0, 0.05) is 13.2 Å². The fourth-order valence-corrected chi connectivity index (χ4v) is 1.48. The molecule has 0 aliphatic rings. The molecule has 0 radical (unpaired) electrons. The van der Waals surface area contributed by atoms with Crippen molar-refractivity contribution in [2.45, 2.75) is 5.16 Å². The molecule has 0 aliphatic carbocycles. The molecule has 1 aromatic rings. The van der Waals surface area contributed by atoms with Crippen LogP contribution in [0.25, 0.3) is 0 Å². The highest BCUT2D eigenvalue weighted by molar-refractivity contribution is 7.98. The third-order valence-electron chi connectivity index (χ3n) is 1.71. The second kappa shape index (κ2) is 4.28. The number of nitrogens with zero attached hydrogens (tertiary/aromatic N) is 2. The molecule has 0 unspecified atom stereocenters. The summed E-state index contributed by atoms with van der Waals surface area (Å²) in [4.78, 5) is 26.6. The summed E-state index contributed by atoms with van der Waals surface area (Å²) in [5, 5.41) is 0.558. The van der Waals surface area contributed by atoms with Crippen molar-refractivity contribution in [2.24, 2.45) is 7.05 Å². The number of esters is 1. The lowest BCUT2D eigenvalue weighted by Gasteiger charge is -2.05. The van der Waals surface area contributed by atoms with E-state index in [4.69, 9.17) is 0 Å². The normalized spacial score (nSPS) is 9.93. The summed E-state index contributed by atoms with van der Waals surface area (Å²) in [7, 11) is 2.79. The summed E-state index contributed by atoms with van der Waals surface area (Å²) >= 11 is 1.34. The van der Waals surface area contributed by atoms with E-state index in [0.29, 0.717) is 5.16 Å². The van der Waals surface area contributed by atoms with Crippen LogP contribution in [-0.4, -0.2) is 28.9 Å². The van der Waals surface area contributed by atoms with Gasteiger partial charge in [-0.3, -0.25) is 9.36 Å². The lowest BCUT2D eigenvalue weighted by atomic mass is 10.3. The molecule has 0 saturated carbocycles. The van der Waals surface area contributed by atoms with Crippen LogP contribution in [0.1, 0.15) is 10.4 Å². The molecule has 1 rings (SSSR count). The van der Waals surface area contributed by atoms with Gasteiger partial charge in [-0.25, -0.2) is 9.78 Å². The molecule has 6 heteroatoms. The highest BCUT2D eigenvalue weighted by atomic mass is 32.2. The number of methoxy groups -OCH3 is 1. The number of rotatable bonds is 2. The van der Waals surface area contributed by atoms with Gasteiger partial charge in [0.1, 0.15) is 5.56 Å². The number of ether oxygens (including phenoxy) is 1. The minimum atomic E-state index is -0.661. The van der Waals surface area contributed by atoms with Crippen molar-refractivity contribution in [2.75, 3.05) is 13.4 Å². The number of hydrogen-bond donors (Lipinski definition) is 0. The molecule has 5 nitrogen and oxygen atoms in total. The van der Waals surface area contributed by atoms with Crippen LogP contribution in [0.4, 0.5) is 0 Å². The average molecular weight is 214 g/mol. The van der Waals surface area contributed by atoms with Gasteiger partial charge in [0.25, 0.3) is 5.56 Å². The molecule has 0 aromatic carbocycles. The minimum absolute atomic E-state index is 0.0483. The molecule has 0 aliphatic heterocycles. The Labute approximate surface area is 85.1 Å². The maximum absolute atomic E-state index is 11.6. The Morgan fingerprint density at radius 2 is 2.29 bits per heavy atom. The van der Waals surface area contributed by atoms with Crippen molar-refractivity contribution < 1.29 is 9.53 Å². The SMILES string of the molecule is COC(=O)c1cnc(SC)n(C)c1=O. The maximum Gasteiger partial charge on any atom is 0.345 e. The Hall–Kier alpha value is -1.30. The van der Waals surface area contributed by atoms with Gasteiger partial charge in [0.15, 0.2) is 5.16 Å². The summed E-state index contributed by atoms with van der Waals surface area (Å²) in [6.07, 6.45) is 3.04. The van der Waals surface area contributed by atoms with E-state index in [9.17, 15) is 9.59 Å². The second-order valence-corrected chi connectivity index (χ2v) is 3.29. The number of thioether (sulfide) groups is 1. The van der Waals surface area contributed by atoms with E-state index < -0.39 is 11.5 Å². The monoisotopic (exact) mass is 214 g/mol. The molecule has 0 spiro atoms. The molecule has 0 atom stereocenters. The second-order valence-electron chi connectivity index (χ2n) is 2.51. The van der Waals surface area contributed by atoms with E-state index in [1.165, 1.54) is 29.6 Å². The number of aromatic nitrogens is 2. The van der Waals surface area contributed by atoms with E-state index in [1.807, 2.05) is 0 Å². The van der Waals surface area contributed by atoms with Crippen LogP contribution >= 0.6 is 11.8 Å². The van der Waals surface area contributed by atoms with Crippen LogP contribution in [0.15, 0.2) is 16.1 Å². The van der Waals surface area contributed by atoms with Gasteiger partial charge in [-0.2, -0.15) is 0 Å². The van der Waals surface area contributed by atoms with Crippen LogP contribution in [0.2, 0.25) is 0 Å². The molecule has 0 N–H and O–H groups in total. The van der Waals surface area contributed by atoms with Crippen molar-refractivity contribution in [3.63, 3.8) is 0 Å². The quantitative estimate of drug-likeness (QED) is 0.402. The highest BCUT2D eigenvalue weighted by Crippen LogP contribution is 2.07. The zero-order valence-corrected chi connectivity index (χ0v) is 8.92. The summed E-state index contributed by atoms with van der Waals surface area (Å²) in [6.45, 7) is 0. The topological polar surface area (TPSA) is 61.2 Å². The Balaban J connectivity index is 3.31. The van der Waals surface area contributed by atoms with Gasteiger partial charge < -0.3 is 4.74 Å². The maximum atomic E-state index is 11.6. The molecular formula is C8H10N2O3S. The van der Waals surface area contributed by atoms with Crippen molar-refractivity contribution in [1.82, 2.24) is 9.55 Å². The molecule has 1 aromatic heterocycles. The van der Waals surface area contributed by atoms with Gasteiger partial charge >= 0.3 is 5.97 Å². The van der Waals surface area contributed by atoms with Crippen molar-refractivity contribution >= 4 is 17.7 Å². The van der Waals surface area contributed by atoms with Gasteiger partial charge in [-0.05, 0) is 6.26 Å². The standard InChI is InChI=1S/C8H10N2O3S/c1-10-6(11)5(7(12)13-2)4-9-8(10)14-3/h4H,1-3H3. The van der Waals surface area contributed by atoms with Crippen molar-refractivity contribution in [3.8, 4) is 0 Å². The fraction of sp³-hybridized carbons (Fsp3) is 0.375. The zero-order valence-electron chi connectivity index (χ0n) is 8.10. The van der Waals surface area contributed by atoms with Gasteiger partial charge in [0.2, 0.25) is 0 Å². The van der Waals surface area contributed by atoms with E-state index >= 15 is 0 Å². The van der Waals surface area contributed by atoms with Crippen LogP contribution in [0.3, 0.4) is 0 Å². The summed E-state index contributed by atoms with van der Waals surface area (Å²) in [6, 6.07) is 0. The summed E-state index contributed by atoms with van der Waals surface area (Å²) in [5.74, 6) is -0.661.